The second kappa shape index (κ2) is 5.20. The van der Waals surface area contributed by atoms with Crippen LogP contribution in [0.5, 0.6) is 11.8 Å². The summed E-state index contributed by atoms with van der Waals surface area (Å²) in [6.07, 6.45) is 2.76. The van der Waals surface area contributed by atoms with Crippen LogP contribution in [0.25, 0.3) is 0 Å². The fourth-order valence-electron chi connectivity index (χ4n) is 0.999. The highest BCUT2D eigenvalue weighted by molar-refractivity contribution is 9.11. The summed E-state index contributed by atoms with van der Waals surface area (Å²) < 4.78 is 8.06. The van der Waals surface area contributed by atoms with Crippen molar-refractivity contribution in [3.05, 3.63) is 38.2 Å². The molecule has 4 nitrogen and oxygen atoms in total. The smallest absolute Gasteiger partial charge is 0.325 e. The first-order chi connectivity index (χ1) is 7.66. The number of halogens is 3. The van der Waals surface area contributed by atoms with Gasteiger partial charge in [-0.2, -0.15) is 9.97 Å². The summed E-state index contributed by atoms with van der Waals surface area (Å²) in [7, 11) is 0. The molecular formula is C9H4Br3N3O. The summed E-state index contributed by atoms with van der Waals surface area (Å²) in [5.41, 5.74) is 0. The van der Waals surface area contributed by atoms with E-state index in [-0.39, 0.29) is 6.01 Å². The Labute approximate surface area is 117 Å². The zero-order chi connectivity index (χ0) is 11.5. The van der Waals surface area contributed by atoms with Gasteiger partial charge in [0, 0.05) is 4.47 Å². The molecule has 0 spiro atoms. The lowest BCUT2D eigenvalue weighted by Crippen LogP contribution is -1.93. The zero-order valence-electron chi connectivity index (χ0n) is 7.69. The van der Waals surface area contributed by atoms with Gasteiger partial charge in [0.15, 0.2) is 5.75 Å². The minimum absolute atomic E-state index is 0.249. The molecule has 0 N–H and O–H groups in total. The Morgan fingerprint density at radius 2 is 1.50 bits per heavy atom. The van der Waals surface area contributed by atoms with E-state index in [0.29, 0.717) is 5.75 Å². The lowest BCUT2D eigenvalue weighted by atomic mass is 10.3. The topological polar surface area (TPSA) is 47.9 Å². The third-order valence-corrected chi connectivity index (χ3v) is 3.26. The van der Waals surface area contributed by atoms with Crippen LogP contribution in [-0.2, 0) is 0 Å². The molecule has 0 unspecified atom stereocenters. The van der Waals surface area contributed by atoms with Gasteiger partial charge in [-0.3, -0.25) is 0 Å². The SMILES string of the molecule is Brc1cc(Br)c(Oc2ncncn2)c(Br)c1. The van der Waals surface area contributed by atoms with Crippen LogP contribution in [0, 0.1) is 0 Å². The van der Waals surface area contributed by atoms with Crippen LogP contribution in [0.3, 0.4) is 0 Å². The highest BCUT2D eigenvalue weighted by Crippen LogP contribution is 2.38. The summed E-state index contributed by atoms with van der Waals surface area (Å²) in [5, 5.41) is 0. The predicted octanol–water partition coefficient (Wildman–Crippen LogP) is 3.95. The first-order valence-corrected chi connectivity index (χ1v) is 6.49. The third-order valence-electron chi connectivity index (χ3n) is 1.63. The Bertz CT molecular complexity index is 484. The molecule has 0 aliphatic carbocycles. The molecule has 1 heterocycles. The fraction of sp³-hybridized carbons (Fsp3) is 0. The second-order valence-corrected chi connectivity index (χ2v) is 5.35. The Hall–Kier alpha value is -0.530. The van der Waals surface area contributed by atoms with Crippen LogP contribution in [0.2, 0.25) is 0 Å². The Kier molecular flexibility index (Phi) is 3.88. The van der Waals surface area contributed by atoms with Crippen molar-refractivity contribution in [2.24, 2.45) is 0 Å². The quantitative estimate of drug-likeness (QED) is 0.753. The largest absolute Gasteiger partial charge is 0.422 e. The van der Waals surface area contributed by atoms with Gasteiger partial charge in [-0.1, -0.05) is 15.9 Å². The lowest BCUT2D eigenvalue weighted by molar-refractivity contribution is 0.434. The molecule has 1 aromatic carbocycles. The van der Waals surface area contributed by atoms with Gasteiger partial charge in [-0.05, 0) is 44.0 Å². The van der Waals surface area contributed by atoms with E-state index in [4.69, 9.17) is 4.74 Å². The summed E-state index contributed by atoms with van der Waals surface area (Å²) in [5.74, 6) is 0.620. The van der Waals surface area contributed by atoms with Gasteiger partial charge >= 0.3 is 6.01 Å². The molecule has 0 saturated heterocycles. The molecule has 82 valence electrons. The van der Waals surface area contributed by atoms with Gasteiger partial charge in [0.2, 0.25) is 0 Å². The van der Waals surface area contributed by atoms with Crippen molar-refractivity contribution in [2.75, 3.05) is 0 Å². The summed E-state index contributed by atoms with van der Waals surface area (Å²) in [6.45, 7) is 0. The minimum atomic E-state index is 0.249. The van der Waals surface area contributed by atoms with E-state index in [1.807, 2.05) is 12.1 Å². The zero-order valence-corrected chi connectivity index (χ0v) is 12.5. The number of hydrogen-bond donors (Lipinski definition) is 0. The van der Waals surface area contributed by atoms with Crippen LogP contribution in [0.4, 0.5) is 0 Å². The van der Waals surface area contributed by atoms with E-state index in [0.717, 1.165) is 13.4 Å². The van der Waals surface area contributed by atoms with Gasteiger partial charge in [0.05, 0.1) is 8.95 Å². The molecule has 0 fully saturated rings. The van der Waals surface area contributed by atoms with Gasteiger partial charge in [0.1, 0.15) is 12.7 Å². The molecule has 0 aliphatic rings. The normalized spacial score (nSPS) is 10.2. The number of ether oxygens (including phenoxy) is 1. The molecule has 2 aromatic rings. The molecule has 16 heavy (non-hydrogen) atoms. The average molecular weight is 410 g/mol. The van der Waals surface area contributed by atoms with Crippen LogP contribution >= 0.6 is 47.8 Å². The molecule has 0 radical (unpaired) electrons. The van der Waals surface area contributed by atoms with E-state index in [1.165, 1.54) is 12.7 Å². The van der Waals surface area contributed by atoms with Crippen molar-refractivity contribution in [3.8, 4) is 11.8 Å². The van der Waals surface area contributed by atoms with Crippen molar-refractivity contribution < 1.29 is 4.74 Å². The second-order valence-electron chi connectivity index (χ2n) is 2.72. The highest BCUT2D eigenvalue weighted by atomic mass is 79.9. The predicted molar refractivity (Wildman–Crippen MR) is 69.4 cm³/mol. The van der Waals surface area contributed by atoms with Gasteiger partial charge in [0.25, 0.3) is 0 Å². The highest BCUT2D eigenvalue weighted by Gasteiger charge is 2.10. The maximum Gasteiger partial charge on any atom is 0.325 e. The van der Waals surface area contributed by atoms with Crippen molar-refractivity contribution in [1.29, 1.82) is 0 Å². The summed E-state index contributed by atoms with van der Waals surface area (Å²) in [6, 6.07) is 4.00. The van der Waals surface area contributed by atoms with Crippen LogP contribution < -0.4 is 4.74 Å². The van der Waals surface area contributed by atoms with Crippen LogP contribution in [-0.4, -0.2) is 15.0 Å². The van der Waals surface area contributed by atoms with Crippen molar-refractivity contribution in [1.82, 2.24) is 15.0 Å². The Morgan fingerprint density at radius 1 is 0.938 bits per heavy atom. The molecule has 0 atom stereocenters. The van der Waals surface area contributed by atoms with Gasteiger partial charge in [-0.25, -0.2) is 4.98 Å². The van der Waals surface area contributed by atoms with E-state index < -0.39 is 0 Å². The standard InChI is InChI=1S/C9H4Br3N3O/c10-5-1-6(11)8(7(12)2-5)16-9-14-3-13-4-15-9/h1-4H. The summed E-state index contributed by atoms with van der Waals surface area (Å²) in [4.78, 5) is 11.5. The Balaban J connectivity index is 2.35. The molecule has 0 amide bonds. The van der Waals surface area contributed by atoms with E-state index in [1.54, 1.807) is 0 Å². The molecule has 0 saturated carbocycles. The Morgan fingerprint density at radius 3 is 2.06 bits per heavy atom. The number of aromatic nitrogens is 3. The van der Waals surface area contributed by atoms with Crippen molar-refractivity contribution in [2.45, 2.75) is 0 Å². The number of nitrogens with zero attached hydrogens (tertiary/aromatic N) is 3. The fourth-order valence-corrected chi connectivity index (χ4v) is 3.42. The first-order valence-electron chi connectivity index (χ1n) is 4.11. The number of benzene rings is 1. The molecule has 0 aliphatic heterocycles. The van der Waals surface area contributed by atoms with Gasteiger partial charge < -0.3 is 4.74 Å². The number of rotatable bonds is 2. The summed E-state index contributed by atoms with van der Waals surface area (Å²) >= 11 is 10.2. The van der Waals surface area contributed by atoms with Gasteiger partial charge in [-0.15, -0.1) is 0 Å². The molecule has 0 bridgehead atoms. The monoisotopic (exact) mass is 407 g/mol. The van der Waals surface area contributed by atoms with E-state index in [2.05, 4.69) is 62.7 Å². The van der Waals surface area contributed by atoms with E-state index in [9.17, 15) is 0 Å². The van der Waals surface area contributed by atoms with Crippen molar-refractivity contribution >= 4 is 47.8 Å². The van der Waals surface area contributed by atoms with Crippen molar-refractivity contribution in [3.63, 3.8) is 0 Å². The maximum absolute atomic E-state index is 5.52. The molecular weight excluding hydrogens is 406 g/mol. The van der Waals surface area contributed by atoms with E-state index >= 15 is 0 Å². The van der Waals surface area contributed by atoms with Crippen LogP contribution in [0.15, 0.2) is 38.2 Å². The average Bonchev–Trinajstić information content (AvgIpc) is 2.25. The third kappa shape index (κ3) is 2.78. The molecule has 7 heteroatoms. The lowest BCUT2D eigenvalue weighted by Gasteiger charge is -2.08. The maximum atomic E-state index is 5.52. The minimum Gasteiger partial charge on any atom is -0.422 e. The molecule has 2 rings (SSSR count). The number of hydrogen-bond acceptors (Lipinski definition) is 4. The molecule has 1 aromatic heterocycles. The first kappa shape index (κ1) is 11.9. The van der Waals surface area contributed by atoms with Crippen LogP contribution in [0.1, 0.15) is 0 Å².